The average Bonchev–Trinajstić information content (AvgIpc) is 2.37. The quantitative estimate of drug-likeness (QED) is 0.720. The molecule has 0 unspecified atom stereocenters. The summed E-state index contributed by atoms with van der Waals surface area (Å²) >= 11 is 4.36. The van der Waals surface area contributed by atoms with Crippen molar-refractivity contribution in [2.75, 3.05) is 0 Å². The first-order valence-electron chi connectivity index (χ1n) is 6.59. The summed E-state index contributed by atoms with van der Waals surface area (Å²) in [4.78, 5) is 1.01. The maximum absolute atomic E-state index is 4.36. The van der Waals surface area contributed by atoms with Crippen LogP contribution in [0.1, 0.15) is 28.7 Å². The molecule has 98 valence electrons. The molecule has 0 amide bonds. The van der Waals surface area contributed by atoms with Gasteiger partial charge in [0.2, 0.25) is 0 Å². The Morgan fingerprint density at radius 2 is 1.74 bits per heavy atom. The van der Waals surface area contributed by atoms with E-state index in [0.29, 0.717) is 0 Å². The highest BCUT2D eigenvalue weighted by Crippen LogP contribution is 2.24. The van der Waals surface area contributed by atoms with E-state index in [1.54, 1.807) is 0 Å². The maximum Gasteiger partial charge on any atom is 0.00430 e. The van der Waals surface area contributed by atoms with E-state index in [4.69, 9.17) is 0 Å². The highest BCUT2D eigenvalue weighted by atomic mass is 32.1. The lowest BCUT2D eigenvalue weighted by atomic mass is 9.96. The maximum atomic E-state index is 4.36. The van der Waals surface area contributed by atoms with Gasteiger partial charge in [-0.25, -0.2) is 0 Å². The zero-order valence-electron chi connectivity index (χ0n) is 11.6. The lowest BCUT2D eigenvalue weighted by Crippen LogP contribution is -1.92. The van der Waals surface area contributed by atoms with Gasteiger partial charge in [-0.2, -0.15) is 0 Å². The summed E-state index contributed by atoms with van der Waals surface area (Å²) < 4.78 is 0. The van der Waals surface area contributed by atoms with E-state index < -0.39 is 0 Å². The first-order chi connectivity index (χ1) is 9.06. The van der Waals surface area contributed by atoms with E-state index in [-0.39, 0.29) is 0 Å². The van der Waals surface area contributed by atoms with Crippen LogP contribution in [-0.2, 0) is 6.42 Å². The van der Waals surface area contributed by atoms with E-state index in [2.05, 4.69) is 69.5 Å². The predicted octanol–water partition coefficient (Wildman–Crippen LogP) is 5.24. The topological polar surface area (TPSA) is 0 Å². The molecule has 0 aliphatic rings. The smallest absolute Gasteiger partial charge is 0.00430 e. The second-order valence-corrected chi connectivity index (χ2v) is 5.60. The molecule has 2 aromatic rings. The summed E-state index contributed by atoms with van der Waals surface area (Å²) in [7, 11) is 0. The number of rotatable bonds is 4. The van der Waals surface area contributed by atoms with Gasteiger partial charge in [-0.15, -0.1) is 12.6 Å². The van der Waals surface area contributed by atoms with Gasteiger partial charge >= 0.3 is 0 Å². The molecular weight excluding hydrogens is 248 g/mol. The van der Waals surface area contributed by atoms with Crippen molar-refractivity contribution in [2.24, 2.45) is 0 Å². The number of thiol groups is 1. The van der Waals surface area contributed by atoms with Crippen molar-refractivity contribution in [3.63, 3.8) is 0 Å². The molecule has 0 bridgehead atoms. The number of aryl methyl sites for hydroxylation is 3. The van der Waals surface area contributed by atoms with Crippen molar-refractivity contribution < 1.29 is 0 Å². The first-order valence-corrected chi connectivity index (χ1v) is 7.04. The summed E-state index contributed by atoms with van der Waals surface area (Å²) in [5.74, 6) is 0. The van der Waals surface area contributed by atoms with Crippen LogP contribution >= 0.6 is 12.6 Å². The minimum absolute atomic E-state index is 0.996. The third-order valence-corrected chi connectivity index (χ3v) is 3.71. The molecule has 1 heteroatoms. The third kappa shape index (κ3) is 3.74. The molecule has 0 atom stereocenters. The van der Waals surface area contributed by atoms with Crippen molar-refractivity contribution in [3.05, 3.63) is 71.3 Å². The Kier molecular flexibility index (Phi) is 4.49. The SMILES string of the molecule is C=C(CCc1ccc(C)cc1)c1ccc(S)cc1C. The highest BCUT2D eigenvalue weighted by Gasteiger charge is 2.04. The summed E-state index contributed by atoms with van der Waals surface area (Å²) in [6.45, 7) is 8.46. The first kappa shape index (κ1) is 14.0. The molecule has 0 spiro atoms. The molecule has 2 rings (SSSR count). The number of hydrogen-bond acceptors (Lipinski definition) is 1. The van der Waals surface area contributed by atoms with E-state index in [9.17, 15) is 0 Å². The van der Waals surface area contributed by atoms with Crippen LogP contribution in [0.5, 0.6) is 0 Å². The molecule has 0 saturated heterocycles. The van der Waals surface area contributed by atoms with Crippen molar-refractivity contribution in [3.8, 4) is 0 Å². The zero-order valence-corrected chi connectivity index (χ0v) is 12.5. The zero-order chi connectivity index (χ0) is 13.8. The molecule has 0 nitrogen and oxygen atoms in total. The average molecular weight is 268 g/mol. The summed E-state index contributed by atoms with van der Waals surface area (Å²) in [6.07, 6.45) is 2.04. The fraction of sp³-hybridized carbons (Fsp3) is 0.222. The Morgan fingerprint density at radius 1 is 1.05 bits per heavy atom. The molecule has 0 aliphatic heterocycles. The van der Waals surface area contributed by atoms with Crippen molar-refractivity contribution in [2.45, 2.75) is 31.6 Å². The summed E-state index contributed by atoms with van der Waals surface area (Å²) in [5, 5.41) is 0. The van der Waals surface area contributed by atoms with Crippen LogP contribution in [0.15, 0.2) is 53.9 Å². The Bertz CT molecular complexity index is 579. The van der Waals surface area contributed by atoms with Gasteiger partial charge in [-0.3, -0.25) is 0 Å². The van der Waals surface area contributed by atoms with E-state index in [1.807, 2.05) is 6.07 Å². The van der Waals surface area contributed by atoms with Gasteiger partial charge in [0.05, 0.1) is 0 Å². The lowest BCUT2D eigenvalue weighted by molar-refractivity contribution is 1.01. The second-order valence-electron chi connectivity index (χ2n) is 5.09. The molecule has 0 heterocycles. The number of hydrogen-bond donors (Lipinski definition) is 1. The van der Waals surface area contributed by atoms with Crippen molar-refractivity contribution in [1.29, 1.82) is 0 Å². The van der Waals surface area contributed by atoms with Crippen LogP contribution in [0.25, 0.3) is 5.57 Å². The van der Waals surface area contributed by atoms with Crippen LogP contribution < -0.4 is 0 Å². The number of benzene rings is 2. The molecule has 0 N–H and O–H groups in total. The molecule has 0 radical (unpaired) electrons. The van der Waals surface area contributed by atoms with Crippen LogP contribution in [0, 0.1) is 13.8 Å². The van der Waals surface area contributed by atoms with Gasteiger partial charge in [-0.1, -0.05) is 42.5 Å². The Hall–Kier alpha value is -1.47. The molecule has 0 saturated carbocycles. The molecule has 0 fully saturated rings. The fourth-order valence-corrected chi connectivity index (χ4v) is 2.50. The molecule has 0 aliphatic carbocycles. The van der Waals surface area contributed by atoms with Crippen LogP contribution in [0.4, 0.5) is 0 Å². The van der Waals surface area contributed by atoms with E-state index >= 15 is 0 Å². The summed E-state index contributed by atoms with van der Waals surface area (Å²) in [5.41, 5.74) is 6.38. The van der Waals surface area contributed by atoms with Gasteiger partial charge in [-0.05, 0) is 61.1 Å². The van der Waals surface area contributed by atoms with Gasteiger partial charge < -0.3 is 0 Å². The normalized spacial score (nSPS) is 10.5. The van der Waals surface area contributed by atoms with Crippen molar-refractivity contribution in [1.82, 2.24) is 0 Å². The Morgan fingerprint density at radius 3 is 2.37 bits per heavy atom. The third-order valence-electron chi connectivity index (χ3n) is 3.43. The minimum Gasteiger partial charge on any atom is -0.143 e. The monoisotopic (exact) mass is 268 g/mol. The van der Waals surface area contributed by atoms with E-state index in [1.165, 1.54) is 27.8 Å². The largest absolute Gasteiger partial charge is 0.143 e. The molecule has 0 aromatic heterocycles. The molecule has 19 heavy (non-hydrogen) atoms. The Balaban J connectivity index is 2.03. The molecule has 2 aromatic carbocycles. The lowest BCUT2D eigenvalue weighted by Gasteiger charge is -2.10. The van der Waals surface area contributed by atoms with Crippen LogP contribution in [0.3, 0.4) is 0 Å². The van der Waals surface area contributed by atoms with Gasteiger partial charge in [0.1, 0.15) is 0 Å². The summed E-state index contributed by atoms with van der Waals surface area (Å²) in [6, 6.07) is 15.0. The van der Waals surface area contributed by atoms with Gasteiger partial charge in [0.25, 0.3) is 0 Å². The predicted molar refractivity (Wildman–Crippen MR) is 87.0 cm³/mol. The standard InChI is InChI=1S/C18H20S/c1-13-4-7-16(8-5-13)9-6-14(2)18-11-10-17(19)12-15(18)3/h4-5,7-8,10-12,19H,2,6,9H2,1,3H3. The molecular formula is C18H20S. The highest BCUT2D eigenvalue weighted by molar-refractivity contribution is 7.80. The van der Waals surface area contributed by atoms with Crippen LogP contribution in [-0.4, -0.2) is 0 Å². The fourth-order valence-electron chi connectivity index (χ4n) is 2.23. The van der Waals surface area contributed by atoms with Gasteiger partial charge in [0, 0.05) is 4.90 Å². The number of allylic oxidation sites excluding steroid dienone is 1. The van der Waals surface area contributed by atoms with Crippen LogP contribution in [0.2, 0.25) is 0 Å². The van der Waals surface area contributed by atoms with E-state index in [0.717, 1.165) is 17.7 Å². The Labute approximate surface area is 121 Å². The van der Waals surface area contributed by atoms with Crippen molar-refractivity contribution >= 4 is 18.2 Å². The van der Waals surface area contributed by atoms with Gasteiger partial charge in [0.15, 0.2) is 0 Å². The minimum atomic E-state index is 0.996. The second kappa shape index (κ2) is 6.12.